The predicted octanol–water partition coefficient (Wildman–Crippen LogP) is 8.73. The van der Waals surface area contributed by atoms with E-state index in [-0.39, 0.29) is 10.8 Å². The standard InChI is InChI=1S/C28H22S2/c1-27(2)21-9-15-5-7-29-25(15)13-19(21)17-12-24-18(11-23(17)27)20-14-26-16(6-8-30-26)10-22(20)28(24,3)4/h5-14H,1-4H3. The summed E-state index contributed by atoms with van der Waals surface area (Å²) in [5.74, 6) is 0. The molecule has 2 aromatic heterocycles. The fourth-order valence-corrected chi connectivity index (χ4v) is 7.49. The maximum atomic E-state index is 2.52. The summed E-state index contributed by atoms with van der Waals surface area (Å²) in [6.07, 6.45) is 0. The van der Waals surface area contributed by atoms with Crippen LogP contribution < -0.4 is 0 Å². The van der Waals surface area contributed by atoms with Crippen molar-refractivity contribution in [2.45, 2.75) is 38.5 Å². The van der Waals surface area contributed by atoms with Gasteiger partial charge in [0, 0.05) is 20.2 Å². The van der Waals surface area contributed by atoms with Crippen LogP contribution in [0.15, 0.2) is 59.3 Å². The molecule has 146 valence electrons. The molecule has 0 unspecified atom stereocenters. The fourth-order valence-electron chi connectivity index (χ4n) is 5.87. The van der Waals surface area contributed by atoms with Gasteiger partial charge in [0.2, 0.25) is 0 Å². The quantitative estimate of drug-likeness (QED) is 0.234. The van der Waals surface area contributed by atoms with Crippen molar-refractivity contribution in [3.8, 4) is 22.3 Å². The number of hydrogen-bond acceptors (Lipinski definition) is 2. The zero-order valence-electron chi connectivity index (χ0n) is 17.6. The van der Waals surface area contributed by atoms with Crippen LogP contribution in [0.2, 0.25) is 0 Å². The summed E-state index contributed by atoms with van der Waals surface area (Å²) < 4.78 is 2.78. The summed E-state index contributed by atoms with van der Waals surface area (Å²) >= 11 is 3.69. The Balaban J connectivity index is 1.56. The molecular formula is C28H22S2. The van der Waals surface area contributed by atoms with Gasteiger partial charge in [-0.05, 0) is 115 Å². The van der Waals surface area contributed by atoms with Crippen LogP contribution in [0, 0.1) is 0 Å². The molecular weight excluding hydrogens is 400 g/mol. The Hall–Kier alpha value is -2.42. The van der Waals surface area contributed by atoms with Crippen LogP contribution in [-0.4, -0.2) is 0 Å². The number of hydrogen-bond donors (Lipinski definition) is 0. The highest BCUT2D eigenvalue weighted by Crippen LogP contribution is 2.57. The highest BCUT2D eigenvalue weighted by molar-refractivity contribution is 7.17. The van der Waals surface area contributed by atoms with Crippen molar-refractivity contribution in [1.82, 2.24) is 0 Å². The highest BCUT2D eigenvalue weighted by Gasteiger charge is 2.41. The van der Waals surface area contributed by atoms with Crippen molar-refractivity contribution in [3.63, 3.8) is 0 Å². The molecule has 0 atom stereocenters. The Morgan fingerprint density at radius 3 is 1.30 bits per heavy atom. The summed E-state index contributed by atoms with van der Waals surface area (Å²) in [5.41, 5.74) is 11.7. The first-order valence-electron chi connectivity index (χ1n) is 10.6. The van der Waals surface area contributed by atoms with Gasteiger partial charge >= 0.3 is 0 Å². The normalized spacial score (nSPS) is 17.2. The SMILES string of the molecule is CC1(C)c2cc3c(cc2-c2cc4sccc4cc21)C(C)(C)c1cc2ccsc2cc1-3. The second-order valence-electron chi connectivity index (χ2n) is 9.91. The number of rotatable bonds is 0. The topological polar surface area (TPSA) is 0 Å². The first kappa shape index (κ1) is 17.3. The smallest absolute Gasteiger partial charge is 0.0349 e. The van der Waals surface area contributed by atoms with Gasteiger partial charge in [-0.15, -0.1) is 22.7 Å². The van der Waals surface area contributed by atoms with Crippen LogP contribution in [0.3, 0.4) is 0 Å². The first-order valence-corrected chi connectivity index (χ1v) is 12.3. The van der Waals surface area contributed by atoms with E-state index in [4.69, 9.17) is 0 Å². The Bertz CT molecular complexity index is 1420. The van der Waals surface area contributed by atoms with Crippen molar-refractivity contribution in [2.24, 2.45) is 0 Å². The molecule has 3 aromatic carbocycles. The second kappa shape index (κ2) is 5.25. The van der Waals surface area contributed by atoms with Crippen LogP contribution in [0.5, 0.6) is 0 Å². The van der Waals surface area contributed by atoms with Crippen LogP contribution in [0.1, 0.15) is 49.9 Å². The van der Waals surface area contributed by atoms with E-state index in [1.165, 1.54) is 64.7 Å². The largest absolute Gasteiger partial charge is 0.144 e. The molecule has 0 saturated heterocycles. The molecule has 5 aromatic rings. The van der Waals surface area contributed by atoms with E-state index in [1.807, 2.05) is 22.7 Å². The summed E-state index contributed by atoms with van der Waals surface area (Å²) in [4.78, 5) is 0. The molecule has 0 N–H and O–H groups in total. The van der Waals surface area contributed by atoms with Crippen molar-refractivity contribution < 1.29 is 0 Å². The van der Waals surface area contributed by atoms with Crippen molar-refractivity contribution in [1.29, 1.82) is 0 Å². The predicted molar refractivity (Wildman–Crippen MR) is 132 cm³/mol. The van der Waals surface area contributed by atoms with Crippen LogP contribution in [0.25, 0.3) is 42.4 Å². The third-order valence-electron chi connectivity index (χ3n) is 7.62. The summed E-state index contributed by atoms with van der Waals surface area (Å²) in [6, 6.07) is 19.3. The van der Waals surface area contributed by atoms with Gasteiger partial charge in [-0.1, -0.05) is 27.7 Å². The highest BCUT2D eigenvalue weighted by atomic mass is 32.1. The average molecular weight is 423 g/mol. The summed E-state index contributed by atoms with van der Waals surface area (Å²) in [7, 11) is 0. The van der Waals surface area contributed by atoms with Gasteiger partial charge in [-0.25, -0.2) is 0 Å². The van der Waals surface area contributed by atoms with Crippen LogP contribution >= 0.6 is 22.7 Å². The van der Waals surface area contributed by atoms with E-state index in [1.54, 1.807) is 0 Å². The van der Waals surface area contributed by atoms with Gasteiger partial charge in [0.25, 0.3) is 0 Å². The van der Waals surface area contributed by atoms with E-state index in [0.29, 0.717) is 0 Å². The van der Waals surface area contributed by atoms with E-state index < -0.39 is 0 Å². The molecule has 0 amide bonds. The summed E-state index contributed by atoms with van der Waals surface area (Å²) in [5, 5.41) is 7.17. The van der Waals surface area contributed by atoms with E-state index in [0.717, 1.165) is 0 Å². The third-order valence-corrected chi connectivity index (χ3v) is 9.38. The van der Waals surface area contributed by atoms with Gasteiger partial charge in [0.1, 0.15) is 0 Å². The molecule has 7 rings (SSSR count). The van der Waals surface area contributed by atoms with E-state index in [9.17, 15) is 0 Å². The lowest BCUT2D eigenvalue weighted by molar-refractivity contribution is 0.653. The van der Waals surface area contributed by atoms with Gasteiger partial charge in [-0.3, -0.25) is 0 Å². The van der Waals surface area contributed by atoms with E-state index in [2.05, 4.69) is 87.0 Å². The molecule has 0 nitrogen and oxygen atoms in total. The van der Waals surface area contributed by atoms with Crippen LogP contribution in [0.4, 0.5) is 0 Å². The average Bonchev–Trinajstić information content (AvgIpc) is 3.45. The minimum absolute atomic E-state index is 0.0236. The third kappa shape index (κ3) is 1.93. The van der Waals surface area contributed by atoms with E-state index >= 15 is 0 Å². The lowest BCUT2D eigenvalue weighted by Gasteiger charge is -2.24. The van der Waals surface area contributed by atoms with Gasteiger partial charge in [0.15, 0.2) is 0 Å². The zero-order valence-corrected chi connectivity index (χ0v) is 19.2. The maximum absolute atomic E-state index is 2.52. The van der Waals surface area contributed by atoms with Crippen molar-refractivity contribution >= 4 is 42.8 Å². The minimum atomic E-state index is 0.0236. The number of benzene rings is 3. The van der Waals surface area contributed by atoms with Crippen LogP contribution in [-0.2, 0) is 10.8 Å². The first-order chi connectivity index (χ1) is 14.4. The molecule has 0 fully saturated rings. The maximum Gasteiger partial charge on any atom is 0.0349 e. The molecule has 0 bridgehead atoms. The zero-order chi connectivity index (χ0) is 20.4. The lowest BCUT2D eigenvalue weighted by Crippen LogP contribution is -2.17. The Morgan fingerprint density at radius 2 is 0.867 bits per heavy atom. The fraction of sp³-hybridized carbons (Fsp3) is 0.214. The Morgan fingerprint density at radius 1 is 0.500 bits per heavy atom. The molecule has 2 heteroatoms. The second-order valence-corrected chi connectivity index (χ2v) is 11.8. The molecule has 2 aliphatic carbocycles. The molecule has 0 aliphatic heterocycles. The Labute approximate surface area is 184 Å². The van der Waals surface area contributed by atoms with Gasteiger partial charge < -0.3 is 0 Å². The molecule has 0 spiro atoms. The molecule has 2 aliphatic rings. The van der Waals surface area contributed by atoms with Gasteiger partial charge in [-0.2, -0.15) is 0 Å². The molecule has 0 radical (unpaired) electrons. The summed E-state index contributed by atoms with van der Waals surface area (Å²) in [6.45, 7) is 9.58. The molecule has 2 heterocycles. The molecule has 30 heavy (non-hydrogen) atoms. The lowest BCUT2D eigenvalue weighted by atomic mass is 9.79. The number of thiophene rings is 2. The van der Waals surface area contributed by atoms with Crippen molar-refractivity contribution in [2.75, 3.05) is 0 Å². The van der Waals surface area contributed by atoms with Crippen molar-refractivity contribution in [3.05, 3.63) is 81.5 Å². The molecule has 0 saturated carbocycles. The number of fused-ring (bicyclic) bond motifs is 8. The monoisotopic (exact) mass is 422 g/mol. The van der Waals surface area contributed by atoms with Gasteiger partial charge in [0.05, 0.1) is 0 Å². The Kier molecular flexibility index (Phi) is 3.02. The minimum Gasteiger partial charge on any atom is -0.144 e.